The Labute approximate surface area is 190 Å². The molecule has 2 heterocycles. The maximum absolute atomic E-state index is 10.9. The van der Waals surface area contributed by atoms with Gasteiger partial charge in [0.25, 0.3) is 5.69 Å². The highest BCUT2D eigenvalue weighted by Gasteiger charge is 2.17. The molecule has 1 saturated heterocycles. The summed E-state index contributed by atoms with van der Waals surface area (Å²) in [7, 11) is 0. The van der Waals surface area contributed by atoms with E-state index in [1.807, 2.05) is 36.1 Å². The minimum absolute atomic E-state index is 0.0268. The van der Waals surface area contributed by atoms with Crippen molar-refractivity contribution in [3.8, 4) is 0 Å². The summed E-state index contributed by atoms with van der Waals surface area (Å²) in [5.74, 6) is 1.19. The van der Waals surface area contributed by atoms with E-state index in [2.05, 4.69) is 30.8 Å². The predicted molar refractivity (Wildman–Crippen MR) is 126 cm³/mol. The molecule has 1 aliphatic heterocycles. The maximum Gasteiger partial charge on any atom is 0.269 e. The zero-order valence-electron chi connectivity index (χ0n) is 18.4. The smallest absolute Gasteiger partial charge is 0.269 e. The van der Waals surface area contributed by atoms with Crippen molar-refractivity contribution in [3.63, 3.8) is 0 Å². The highest BCUT2D eigenvalue weighted by molar-refractivity contribution is 5.99. The molecule has 2 N–H and O–H groups in total. The van der Waals surface area contributed by atoms with Gasteiger partial charge in [0.05, 0.1) is 23.8 Å². The number of hydrogen-bond donors (Lipinski definition) is 2. The van der Waals surface area contributed by atoms with Crippen LogP contribution in [-0.2, 0) is 4.74 Å². The zero-order valence-corrected chi connectivity index (χ0v) is 18.4. The second-order valence-corrected chi connectivity index (χ2v) is 7.49. The summed E-state index contributed by atoms with van der Waals surface area (Å²) < 4.78 is 5.43. The number of anilines is 4. The number of ether oxygens (including phenoxy) is 1. The van der Waals surface area contributed by atoms with Crippen LogP contribution >= 0.6 is 0 Å². The second-order valence-electron chi connectivity index (χ2n) is 7.49. The third-order valence-corrected chi connectivity index (χ3v) is 5.04. The second kappa shape index (κ2) is 10.0. The fraction of sp³-hybridized carbons (Fsp3) is 0.273. The first-order chi connectivity index (χ1) is 16.0. The van der Waals surface area contributed by atoms with Crippen LogP contribution in [0, 0.1) is 17.0 Å². The third kappa shape index (κ3) is 5.77. The van der Waals surface area contributed by atoms with Crippen molar-refractivity contribution >= 4 is 34.9 Å². The number of rotatable bonds is 7. The summed E-state index contributed by atoms with van der Waals surface area (Å²) in [6.45, 7) is 6.39. The molecular formula is C22H24N8O3. The van der Waals surface area contributed by atoms with Gasteiger partial charge in [0.15, 0.2) is 0 Å². The number of nitro groups is 1. The van der Waals surface area contributed by atoms with Gasteiger partial charge < -0.3 is 15.0 Å². The molecule has 0 saturated carbocycles. The number of hydrogen-bond acceptors (Lipinski definition) is 10. The Hall–Kier alpha value is -4.12. The van der Waals surface area contributed by atoms with Gasteiger partial charge in [-0.3, -0.25) is 10.1 Å². The Morgan fingerprint density at radius 2 is 1.70 bits per heavy atom. The van der Waals surface area contributed by atoms with Crippen LogP contribution in [0.2, 0.25) is 0 Å². The lowest BCUT2D eigenvalue weighted by Gasteiger charge is -2.27. The fourth-order valence-electron chi connectivity index (χ4n) is 3.16. The van der Waals surface area contributed by atoms with Gasteiger partial charge in [-0.05, 0) is 43.7 Å². The van der Waals surface area contributed by atoms with Gasteiger partial charge in [-0.25, -0.2) is 5.43 Å². The number of morpholine rings is 1. The number of aryl methyl sites for hydroxylation is 1. The van der Waals surface area contributed by atoms with Crippen LogP contribution in [0.25, 0.3) is 0 Å². The average molecular weight is 448 g/mol. The van der Waals surface area contributed by atoms with Gasteiger partial charge >= 0.3 is 0 Å². The lowest BCUT2D eigenvalue weighted by molar-refractivity contribution is -0.384. The molecule has 0 radical (unpaired) electrons. The summed E-state index contributed by atoms with van der Waals surface area (Å²) in [6, 6.07) is 14.1. The van der Waals surface area contributed by atoms with Gasteiger partial charge in [-0.15, -0.1) is 0 Å². The molecule has 4 rings (SSSR count). The standard InChI is InChI=1S/C22H24N8O3/c1-15-3-7-18(8-4-15)23-20-24-21(26-22(25-20)29-11-13-33-14-12-29)28-27-16(2)17-5-9-19(10-6-17)30(31)32/h3-10H,11-14H2,1-2H3,(H2,23,24,25,26,28)/b27-16+. The highest BCUT2D eigenvalue weighted by Crippen LogP contribution is 2.19. The summed E-state index contributed by atoms with van der Waals surface area (Å²) in [6.07, 6.45) is 0. The van der Waals surface area contributed by atoms with E-state index in [9.17, 15) is 10.1 Å². The number of nitro benzene ring substituents is 1. The normalized spacial score (nSPS) is 14.1. The van der Waals surface area contributed by atoms with Gasteiger partial charge in [0, 0.05) is 30.9 Å². The van der Waals surface area contributed by atoms with E-state index < -0.39 is 4.92 Å². The Morgan fingerprint density at radius 1 is 1.03 bits per heavy atom. The molecule has 11 heteroatoms. The Bertz CT molecular complexity index is 1140. The van der Waals surface area contributed by atoms with Gasteiger partial charge in [0.2, 0.25) is 17.8 Å². The number of aromatic nitrogens is 3. The molecule has 1 aliphatic rings. The average Bonchev–Trinajstić information content (AvgIpc) is 2.84. The lowest BCUT2D eigenvalue weighted by atomic mass is 10.1. The molecule has 33 heavy (non-hydrogen) atoms. The summed E-state index contributed by atoms with van der Waals surface area (Å²) >= 11 is 0. The number of non-ortho nitro benzene ring substituents is 1. The fourth-order valence-corrected chi connectivity index (χ4v) is 3.16. The van der Waals surface area contributed by atoms with E-state index in [1.54, 1.807) is 19.1 Å². The molecular weight excluding hydrogens is 424 g/mol. The quantitative estimate of drug-likeness (QED) is 0.317. The van der Waals surface area contributed by atoms with Crippen molar-refractivity contribution in [2.45, 2.75) is 13.8 Å². The van der Waals surface area contributed by atoms with Gasteiger partial charge in [-0.2, -0.15) is 20.1 Å². The molecule has 3 aromatic rings. The first-order valence-electron chi connectivity index (χ1n) is 10.5. The van der Waals surface area contributed by atoms with Crippen molar-refractivity contribution in [2.24, 2.45) is 5.10 Å². The highest BCUT2D eigenvalue weighted by atomic mass is 16.6. The molecule has 2 aromatic carbocycles. The van der Waals surface area contributed by atoms with Crippen LogP contribution in [0.1, 0.15) is 18.1 Å². The largest absolute Gasteiger partial charge is 0.378 e. The number of nitrogens with one attached hydrogen (secondary N) is 2. The van der Waals surface area contributed by atoms with Crippen LogP contribution in [0.5, 0.6) is 0 Å². The van der Waals surface area contributed by atoms with Crippen molar-refractivity contribution in [1.82, 2.24) is 15.0 Å². The third-order valence-electron chi connectivity index (χ3n) is 5.04. The molecule has 1 aromatic heterocycles. The van der Waals surface area contributed by atoms with Crippen LogP contribution in [0.3, 0.4) is 0 Å². The van der Waals surface area contributed by atoms with Gasteiger partial charge in [-0.1, -0.05) is 17.7 Å². The van der Waals surface area contributed by atoms with E-state index in [1.165, 1.54) is 12.1 Å². The minimum atomic E-state index is -0.435. The van der Waals surface area contributed by atoms with Crippen molar-refractivity contribution in [2.75, 3.05) is 41.9 Å². The van der Waals surface area contributed by atoms with E-state index in [0.29, 0.717) is 43.9 Å². The molecule has 170 valence electrons. The molecule has 0 spiro atoms. The number of nitrogens with zero attached hydrogens (tertiary/aromatic N) is 6. The molecule has 1 fully saturated rings. The Morgan fingerprint density at radius 3 is 2.36 bits per heavy atom. The lowest BCUT2D eigenvalue weighted by Crippen LogP contribution is -2.37. The number of hydrazone groups is 1. The van der Waals surface area contributed by atoms with Crippen LogP contribution in [-0.4, -0.2) is 51.9 Å². The van der Waals surface area contributed by atoms with Crippen molar-refractivity contribution in [1.29, 1.82) is 0 Å². The SMILES string of the molecule is C/C(=N\Nc1nc(Nc2ccc(C)cc2)nc(N2CCOCC2)n1)c1ccc([N+](=O)[O-])cc1. The molecule has 0 bridgehead atoms. The maximum atomic E-state index is 10.9. The van der Waals surface area contributed by atoms with Gasteiger partial charge in [0.1, 0.15) is 0 Å². The summed E-state index contributed by atoms with van der Waals surface area (Å²) in [5.41, 5.74) is 6.30. The van der Waals surface area contributed by atoms with Crippen molar-refractivity contribution in [3.05, 3.63) is 69.8 Å². The molecule has 0 amide bonds. The monoisotopic (exact) mass is 448 g/mol. The van der Waals surface area contributed by atoms with E-state index in [-0.39, 0.29) is 11.6 Å². The van der Waals surface area contributed by atoms with Crippen LogP contribution in [0.15, 0.2) is 53.6 Å². The first-order valence-corrected chi connectivity index (χ1v) is 10.5. The topological polar surface area (TPSA) is 131 Å². The molecule has 0 atom stereocenters. The Kier molecular flexibility index (Phi) is 6.69. The number of benzene rings is 2. The van der Waals surface area contributed by atoms with Crippen LogP contribution < -0.4 is 15.6 Å². The zero-order chi connectivity index (χ0) is 23.2. The summed E-state index contributed by atoms with van der Waals surface area (Å²) in [5, 5.41) is 18.4. The minimum Gasteiger partial charge on any atom is -0.378 e. The summed E-state index contributed by atoms with van der Waals surface area (Å²) in [4.78, 5) is 26.0. The molecule has 0 aliphatic carbocycles. The van der Waals surface area contributed by atoms with Crippen LogP contribution in [0.4, 0.5) is 29.2 Å². The molecule has 0 unspecified atom stereocenters. The predicted octanol–water partition coefficient (Wildman–Crippen LogP) is 3.50. The molecule has 11 nitrogen and oxygen atoms in total. The van der Waals surface area contributed by atoms with E-state index >= 15 is 0 Å². The van der Waals surface area contributed by atoms with Crippen molar-refractivity contribution < 1.29 is 9.66 Å². The first kappa shape index (κ1) is 22.1. The van der Waals surface area contributed by atoms with E-state index in [0.717, 1.165) is 16.8 Å². The Balaban J connectivity index is 1.57. The van der Waals surface area contributed by atoms with E-state index in [4.69, 9.17) is 4.74 Å².